The Kier molecular flexibility index (Phi) is 5.41. The molecule has 0 fully saturated rings. The van der Waals surface area contributed by atoms with Gasteiger partial charge in [0.2, 0.25) is 5.88 Å². The van der Waals surface area contributed by atoms with Crippen LogP contribution in [0.4, 0.5) is 0 Å². The zero-order valence-corrected chi connectivity index (χ0v) is 15.9. The Bertz CT molecular complexity index is 1090. The fraction of sp³-hybridized carbons (Fsp3) is 0.100. The Hall–Kier alpha value is -2.94. The number of benzene rings is 2. The van der Waals surface area contributed by atoms with Crippen molar-refractivity contribution in [1.29, 1.82) is 5.26 Å². The molecule has 0 atom stereocenters. The van der Waals surface area contributed by atoms with Crippen molar-refractivity contribution >= 4 is 46.1 Å². The average molecular weight is 400 g/mol. The van der Waals surface area contributed by atoms with E-state index in [1.54, 1.807) is 22.8 Å². The molecule has 1 amide bonds. The predicted octanol–water partition coefficient (Wildman–Crippen LogP) is 4.73. The van der Waals surface area contributed by atoms with Gasteiger partial charge in [-0.1, -0.05) is 47.5 Å². The molecule has 0 aliphatic rings. The summed E-state index contributed by atoms with van der Waals surface area (Å²) in [4.78, 5) is 11.6. The molecule has 7 heteroatoms. The van der Waals surface area contributed by atoms with Crippen molar-refractivity contribution in [3.63, 3.8) is 0 Å². The van der Waals surface area contributed by atoms with Crippen LogP contribution >= 0.6 is 23.2 Å². The number of nitriles is 1. The number of hydrogen-bond acceptors (Lipinski definition) is 3. The number of amides is 1. The van der Waals surface area contributed by atoms with Crippen molar-refractivity contribution in [1.82, 2.24) is 4.57 Å². The van der Waals surface area contributed by atoms with Crippen LogP contribution in [0.2, 0.25) is 10.0 Å². The molecule has 3 aromatic rings. The molecule has 0 radical (unpaired) electrons. The molecule has 2 N–H and O–H groups in total. The molecular formula is C20H15Cl2N3O2. The number of ether oxygens (including phenoxy) is 1. The second kappa shape index (κ2) is 7.75. The zero-order chi connectivity index (χ0) is 19.6. The summed E-state index contributed by atoms with van der Waals surface area (Å²) in [6.45, 7) is 2.20. The number of nitrogens with zero attached hydrogens (tertiary/aromatic N) is 2. The third-order valence-electron chi connectivity index (χ3n) is 3.99. The summed E-state index contributed by atoms with van der Waals surface area (Å²) in [5.74, 6) is -0.393. The number of carbonyl (C=O) groups is 1. The molecule has 136 valence electrons. The van der Waals surface area contributed by atoms with Gasteiger partial charge < -0.3 is 10.5 Å². The topological polar surface area (TPSA) is 81.0 Å². The lowest BCUT2D eigenvalue weighted by molar-refractivity contribution is -0.114. The highest BCUT2D eigenvalue weighted by molar-refractivity contribution is 6.38. The summed E-state index contributed by atoms with van der Waals surface area (Å²) >= 11 is 12.9. The number of para-hydroxylation sites is 2. The molecule has 3 rings (SSSR count). The maximum absolute atomic E-state index is 11.6. The first kappa shape index (κ1) is 18.8. The maximum atomic E-state index is 11.6. The van der Waals surface area contributed by atoms with Crippen molar-refractivity contribution in [2.45, 2.75) is 6.92 Å². The quantitative estimate of drug-likeness (QED) is 0.497. The van der Waals surface area contributed by atoms with Crippen LogP contribution in [0.15, 0.2) is 48.0 Å². The van der Waals surface area contributed by atoms with E-state index in [-0.39, 0.29) is 5.57 Å². The standard InChI is InChI=1S/C20H15Cl2N3O2/c1-2-27-20-14(10-12(11-23)19(24)26)13-6-3-4-9-17(13)25(20)18-15(21)7-5-8-16(18)22/h3-10H,2H2,1H3,(H2,24,26)/b12-10+. The van der Waals surface area contributed by atoms with Crippen LogP contribution in [0, 0.1) is 11.3 Å². The lowest BCUT2D eigenvalue weighted by Crippen LogP contribution is -2.12. The number of primary amides is 1. The minimum absolute atomic E-state index is 0.177. The maximum Gasteiger partial charge on any atom is 0.259 e. The Morgan fingerprint density at radius 1 is 1.22 bits per heavy atom. The van der Waals surface area contributed by atoms with Crippen LogP contribution in [0.1, 0.15) is 12.5 Å². The van der Waals surface area contributed by atoms with E-state index in [2.05, 4.69) is 0 Å². The van der Waals surface area contributed by atoms with Crippen LogP contribution in [-0.2, 0) is 4.79 Å². The molecular weight excluding hydrogens is 385 g/mol. The first-order valence-corrected chi connectivity index (χ1v) is 8.87. The highest BCUT2D eigenvalue weighted by Crippen LogP contribution is 2.41. The molecule has 0 bridgehead atoms. The first-order chi connectivity index (χ1) is 13.0. The van der Waals surface area contributed by atoms with Crippen molar-refractivity contribution in [2.24, 2.45) is 5.73 Å². The average Bonchev–Trinajstić information content (AvgIpc) is 2.93. The van der Waals surface area contributed by atoms with Gasteiger partial charge in [-0.3, -0.25) is 9.36 Å². The summed E-state index contributed by atoms with van der Waals surface area (Å²) in [6, 6.07) is 14.5. The first-order valence-electron chi connectivity index (χ1n) is 8.11. The fourth-order valence-electron chi connectivity index (χ4n) is 2.89. The van der Waals surface area contributed by atoms with Gasteiger partial charge in [-0.05, 0) is 31.2 Å². The molecule has 0 aliphatic heterocycles. The minimum atomic E-state index is -0.812. The number of fused-ring (bicyclic) bond motifs is 1. The van der Waals surface area contributed by atoms with Crippen molar-refractivity contribution < 1.29 is 9.53 Å². The van der Waals surface area contributed by atoms with Crippen molar-refractivity contribution in [2.75, 3.05) is 6.61 Å². The SMILES string of the molecule is CCOc1c(/C=C(\C#N)C(N)=O)c2ccccc2n1-c1c(Cl)cccc1Cl. The van der Waals surface area contributed by atoms with E-state index in [0.717, 1.165) is 10.9 Å². The minimum Gasteiger partial charge on any atom is -0.478 e. The molecule has 2 aromatic carbocycles. The van der Waals surface area contributed by atoms with Gasteiger partial charge in [0.1, 0.15) is 11.6 Å². The van der Waals surface area contributed by atoms with Gasteiger partial charge in [0.05, 0.1) is 27.9 Å². The van der Waals surface area contributed by atoms with Gasteiger partial charge in [-0.15, -0.1) is 0 Å². The Morgan fingerprint density at radius 2 is 1.89 bits per heavy atom. The van der Waals surface area contributed by atoms with E-state index >= 15 is 0 Å². The summed E-state index contributed by atoms with van der Waals surface area (Å²) in [5, 5.41) is 10.9. The van der Waals surface area contributed by atoms with Gasteiger partial charge in [0.15, 0.2) is 0 Å². The summed E-state index contributed by atoms with van der Waals surface area (Å²) < 4.78 is 7.67. The molecule has 0 aliphatic carbocycles. The van der Waals surface area contributed by atoms with Crippen molar-refractivity contribution in [3.05, 3.63) is 63.6 Å². The summed E-state index contributed by atoms with van der Waals surface area (Å²) in [5.41, 5.74) is 7.01. The zero-order valence-electron chi connectivity index (χ0n) is 14.4. The lowest BCUT2D eigenvalue weighted by Gasteiger charge is -2.14. The van der Waals surface area contributed by atoms with Gasteiger partial charge >= 0.3 is 0 Å². The monoisotopic (exact) mass is 399 g/mol. The number of halogens is 2. The van der Waals surface area contributed by atoms with Crippen molar-refractivity contribution in [3.8, 4) is 17.6 Å². The van der Waals surface area contributed by atoms with Gasteiger partial charge in [-0.2, -0.15) is 5.26 Å². The second-order valence-electron chi connectivity index (χ2n) is 5.61. The van der Waals surface area contributed by atoms with Gasteiger partial charge in [0, 0.05) is 10.9 Å². The molecule has 5 nitrogen and oxygen atoms in total. The number of rotatable bonds is 5. The smallest absolute Gasteiger partial charge is 0.259 e. The van der Waals surface area contributed by atoms with E-state index in [9.17, 15) is 10.1 Å². The largest absolute Gasteiger partial charge is 0.478 e. The van der Waals surface area contributed by atoms with Crippen LogP contribution in [0.25, 0.3) is 22.7 Å². The number of aromatic nitrogens is 1. The Labute approximate surface area is 166 Å². The Balaban J connectivity index is 2.47. The number of nitrogens with two attached hydrogens (primary N) is 1. The van der Waals surface area contributed by atoms with Gasteiger partial charge in [0.25, 0.3) is 5.91 Å². The van der Waals surface area contributed by atoms with E-state index in [4.69, 9.17) is 33.7 Å². The van der Waals surface area contributed by atoms with Crippen LogP contribution < -0.4 is 10.5 Å². The molecule has 0 saturated heterocycles. The lowest BCUT2D eigenvalue weighted by atomic mass is 10.1. The molecule has 1 heterocycles. The molecule has 0 saturated carbocycles. The molecule has 0 unspecified atom stereocenters. The van der Waals surface area contributed by atoms with Crippen LogP contribution in [0.5, 0.6) is 5.88 Å². The molecule has 0 spiro atoms. The van der Waals surface area contributed by atoms with E-state index < -0.39 is 5.91 Å². The highest BCUT2D eigenvalue weighted by Gasteiger charge is 2.22. The van der Waals surface area contributed by atoms with Crippen LogP contribution in [-0.4, -0.2) is 17.1 Å². The normalized spacial score (nSPS) is 11.4. The third kappa shape index (κ3) is 3.37. The fourth-order valence-corrected chi connectivity index (χ4v) is 3.45. The third-order valence-corrected chi connectivity index (χ3v) is 4.60. The Morgan fingerprint density at radius 3 is 2.48 bits per heavy atom. The van der Waals surface area contributed by atoms with Crippen LogP contribution in [0.3, 0.4) is 0 Å². The summed E-state index contributed by atoms with van der Waals surface area (Å²) in [7, 11) is 0. The number of hydrogen-bond donors (Lipinski definition) is 1. The molecule has 1 aromatic heterocycles. The molecule has 27 heavy (non-hydrogen) atoms. The highest BCUT2D eigenvalue weighted by atomic mass is 35.5. The second-order valence-corrected chi connectivity index (χ2v) is 6.42. The predicted molar refractivity (Wildman–Crippen MR) is 107 cm³/mol. The number of carbonyl (C=O) groups excluding carboxylic acids is 1. The van der Waals surface area contributed by atoms with E-state index in [1.807, 2.05) is 37.3 Å². The van der Waals surface area contributed by atoms with Gasteiger partial charge in [-0.25, -0.2) is 0 Å². The van der Waals surface area contributed by atoms with E-state index in [1.165, 1.54) is 6.08 Å². The van der Waals surface area contributed by atoms with E-state index in [0.29, 0.717) is 33.8 Å². The summed E-state index contributed by atoms with van der Waals surface area (Å²) in [6.07, 6.45) is 1.43.